The lowest BCUT2D eigenvalue weighted by Gasteiger charge is -2.14. The molecule has 0 fully saturated rings. The Bertz CT molecular complexity index is 874. The van der Waals surface area contributed by atoms with Crippen molar-refractivity contribution in [3.05, 3.63) is 60.2 Å². The van der Waals surface area contributed by atoms with Crippen molar-refractivity contribution in [2.75, 3.05) is 0 Å². The molecule has 2 aromatic heterocycles. The molecular formula is C19H19N3O5. The molecule has 0 bridgehead atoms. The Balaban J connectivity index is 1.46. The van der Waals surface area contributed by atoms with Gasteiger partial charge in [0.2, 0.25) is 17.6 Å². The van der Waals surface area contributed by atoms with E-state index in [1.807, 2.05) is 30.3 Å². The highest BCUT2D eigenvalue weighted by molar-refractivity contribution is 5.83. The molecule has 3 aromatic rings. The summed E-state index contributed by atoms with van der Waals surface area (Å²) >= 11 is 0. The highest BCUT2D eigenvalue weighted by Gasteiger charge is 2.20. The monoisotopic (exact) mass is 369 g/mol. The molecule has 0 aliphatic carbocycles. The molecular weight excluding hydrogens is 350 g/mol. The lowest BCUT2D eigenvalue weighted by molar-refractivity contribution is -0.141. The summed E-state index contributed by atoms with van der Waals surface area (Å²) < 4.78 is 10.3. The molecule has 27 heavy (non-hydrogen) atoms. The molecule has 1 aromatic carbocycles. The number of nitrogens with zero attached hydrogens (tertiary/aromatic N) is 2. The summed E-state index contributed by atoms with van der Waals surface area (Å²) in [5.41, 5.74) is 0.849. The molecule has 0 spiro atoms. The lowest BCUT2D eigenvalue weighted by atomic mass is 10.1. The second-order valence-corrected chi connectivity index (χ2v) is 5.99. The first-order chi connectivity index (χ1) is 13.1. The van der Waals surface area contributed by atoms with E-state index in [2.05, 4.69) is 15.5 Å². The third kappa shape index (κ3) is 5.27. The second-order valence-electron chi connectivity index (χ2n) is 5.99. The van der Waals surface area contributed by atoms with Gasteiger partial charge in [0.1, 0.15) is 6.04 Å². The fourth-order valence-corrected chi connectivity index (χ4v) is 2.58. The summed E-state index contributed by atoms with van der Waals surface area (Å²) in [5.74, 6) is -0.134. The first-order valence-corrected chi connectivity index (χ1v) is 8.54. The van der Waals surface area contributed by atoms with Gasteiger partial charge in [-0.2, -0.15) is 4.98 Å². The number of carboxylic acids is 1. The fourth-order valence-electron chi connectivity index (χ4n) is 2.58. The van der Waals surface area contributed by atoms with E-state index < -0.39 is 12.0 Å². The Morgan fingerprint density at radius 3 is 2.67 bits per heavy atom. The Morgan fingerprint density at radius 1 is 1.15 bits per heavy atom. The molecule has 8 nitrogen and oxygen atoms in total. The lowest BCUT2D eigenvalue weighted by Crippen LogP contribution is -2.42. The van der Waals surface area contributed by atoms with Crippen molar-refractivity contribution in [1.82, 2.24) is 15.5 Å². The van der Waals surface area contributed by atoms with Gasteiger partial charge in [0.25, 0.3) is 0 Å². The zero-order chi connectivity index (χ0) is 19.1. The third-order valence-electron chi connectivity index (χ3n) is 3.92. The van der Waals surface area contributed by atoms with E-state index in [0.29, 0.717) is 30.3 Å². The number of rotatable bonds is 9. The van der Waals surface area contributed by atoms with Gasteiger partial charge in [-0.05, 0) is 24.1 Å². The number of hydrogen-bond acceptors (Lipinski definition) is 6. The first kappa shape index (κ1) is 18.4. The van der Waals surface area contributed by atoms with Gasteiger partial charge in [0.05, 0.1) is 6.26 Å². The van der Waals surface area contributed by atoms with Crippen LogP contribution in [-0.2, 0) is 22.4 Å². The normalized spacial score (nSPS) is 11.9. The average Bonchev–Trinajstić information content (AvgIpc) is 3.33. The van der Waals surface area contributed by atoms with Crippen LogP contribution in [0.1, 0.15) is 24.3 Å². The van der Waals surface area contributed by atoms with E-state index in [9.17, 15) is 14.7 Å². The predicted octanol–water partition coefficient (Wildman–Crippen LogP) is 2.46. The number of aryl methyl sites for hydroxylation is 1. The number of carbonyl (C=O) groups is 2. The Labute approximate surface area is 155 Å². The van der Waals surface area contributed by atoms with Crippen LogP contribution in [0, 0.1) is 0 Å². The van der Waals surface area contributed by atoms with Gasteiger partial charge < -0.3 is 19.4 Å². The Hall–Kier alpha value is -3.42. The first-order valence-electron chi connectivity index (χ1n) is 8.54. The minimum Gasteiger partial charge on any atom is -0.480 e. The number of amides is 1. The van der Waals surface area contributed by atoms with E-state index in [1.165, 1.54) is 6.26 Å². The third-order valence-corrected chi connectivity index (χ3v) is 3.92. The molecule has 1 amide bonds. The van der Waals surface area contributed by atoms with Crippen molar-refractivity contribution in [1.29, 1.82) is 0 Å². The standard InChI is InChI=1S/C19H19N3O5/c23-16(20-14(19(24)25)12-13-6-2-1-3-7-13)9-4-10-17-21-18(22-27-17)15-8-5-11-26-15/h1-3,5-8,11,14H,4,9-10,12H2,(H,20,23)(H,24,25)/t14-/m0/s1. The van der Waals surface area contributed by atoms with Crippen molar-refractivity contribution >= 4 is 11.9 Å². The molecule has 0 saturated heterocycles. The summed E-state index contributed by atoms with van der Waals surface area (Å²) in [6, 6.07) is 11.7. The Kier molecular flexibility index (Phi) is 5.98. The SMILES string of the molecule is O=C(CCCc1nc(-c2ccco2)no1)N[C@@H](Cc1ccccc1)C(=O)O. The molecule has 0 unspecified atom stereocenters. The Morgan fingerprint density at radius 2 is 1.96 bits per heavy atom. The number of hydrogen-bond donors (Lipinski definition) is 2. The van der Waals surface area contributed by atoms with Crippen LogP contribution in [0.25, 0.3) is 11.6 Å². The molecule has 0 aliphatic heterocycles. The van der Waals surface area contributed by atoms with Gasteiger partial charge in [0.15, 0.2) is 5.76 Å². The van der Waals surface area contributed by atoms with E-state index >= 15 is 0 Å². The number of carboxylic acid groups (broad SMARTS) is 1. The number of aromatic nitrogens is 2. The topological polar surface area (TPSA) is 118 Å². The summed E-state index contributed by atoms with van der Waals surface area (Å²) in [4.78, 5) is 27.7. The summed E-state index contributed by atoms with van der Waals surface area (Å²) in [7, 11) is 0. The van der Waals surface area contributed by atoms with Crippen LogP contribution in [0.15, 0.2) is 57.7 Å². The zero-order valence-corrected chi connectivity index (χ0v) is 14.5. The maximum absolute atomic E-state index is 12.1. The molecule has 2 heterocycles. The average molecular weight is 369 g/mol. The maximum atomic E-state index is 12.1. The number of carbonyl (C=O) groups excluding carboxylic acids is 1. The number of benzene rings is 1. The van der Waals surface area contributed by atoms with Crippen LogP contribution in [0.5, 0.6) is 0 Å². The smallest absolute Gasteiger partial charge is 0.326 e. The maximum Gasteiger partial charge on any atom is 0.326 e. The van der Waals surface area contributed by atoms with Gasteiger partial charge in [0, 0.05) is 19.3 Å². The van der Waals surface area contributed by atoms with Crippen molar-refractivity contribution in [3.8, 4) is 11.6 Å². The van der Waals surface area contributed by atoms with Crippen LogP contribution in [0.4, 0.5) is 0 Å². The quantitative estimate of drug-likeness (QED) is 0.595. The van der Waals surface area contributed by atoms with Gasteiger partial charge >= 0.3 is 5.97 Å². The molecule has 0 aliphatic rings. The highest BCUT2D eigenvalue weighted by Crippen LogP contribution is 2.16. The number of nitrogens with one attached hydrogen (secondary N) is 1. The largest absolute Gasteiger partial charge is 0.480 e. The second kappa shape index (κ2) is 8.79. The van der Waals surface area contributed by atoms with Crippen molar-refractivity contribution < 1.29 is 23.6 Å². The van der Waals surface area contributed by atoms with Crippen molar-refractivity contribution in [2.45, 2.75) is 31.7 Å². The summed E-state index contributed by atoms with van der Waals surface area (Å²) in [6.45, 7) is 0. The molecule has 2 N–H and O–H groups in total. The zero-order valence-electron chi connectivity index (χ0n) is 14.5. The van der Waals surface area contributed by atoms with Crippen molar-refractivity contribution in [2.24, 2.45) is 0 Å². The van der Waals surface area contributed by atoms with Crippen LogP contribution in [0.3, 0.4) is 0 Å². The fraction of sp³-hybridized carbons (Fsp3) is 0.263. The molecule has 0 saturated carbocycles. The van der Waals surface area contributed by atoms with E-state index in [-0.39, 0.29) is 18.7 Å². The van der Waals surface area contributed by atoms with E-state index in [0.717, 1.165) is 5.56 Å². The van der Waals surface area contributed by atoms with E-state index in [1.54, 1.807) is 12.1 Å². The van der Waals surface area contributed by atoms with Crippen LogP contribution in [-0.4, -0.2) is 33.2 Å². The minimum absolute atomic E-state index is 0.164. The molecule has 140 valence electrons. The molecule has 8 heteroatoms. The van der Waals surface area contributed by atoms with Crippen molar-refractivity contribution in [3.63, 3.8) is 0 Å². The molecule has 1 atom stereocenters. The minimum atomic E-state index is -1.06. The number of furan rings is 1. The van der Waals surface area contributed by atoms with Gasteiger partial charge in [-0.1, -0.05) is 35.5 Å². The van der Waals surface area contributed by atoms with E-state index in [4.69, 9.17) is 8.94 Å². The van der Waals surface area contributed by atoms with Crippen LogP contribution >= 0.6 is 0 Å². The van der Waals surface area contributed by atoms with Gasteiger partial charge in [-0.3, -0.25) is 4.79 Å². The predicted molar refractivity (Wildman–Crippen MR) is 94.7 cm³/mol. The molecule has 3 rings (SSSR count). The molecule has 0 radical (unpaired) electrons. The summed E-state index contributed by atoms with van der Waals surface area (Å²) in [5, 5.41) is 15.7. The van der Waals surface area contributed by atoms with Gasteiger partial charge in [-0.15, -0.1) is 0 Å². The summed E-state index contributed by atoms with van der Waals surface area (Å²) in [6.07, 6.45) is 2.79. The van der Waals surface area contributed by atoms with Crippen LogP contribution in [0.2, 0.25) is 0 Å². The highest BCUT2D eigenvalue weighted by atomic mass is 16.5. The number of aliphatic carboxylic acids is 1. The van der Waals surface area contributed by atoms with Crippen LogP contribution < -0.4 is 5.32 Å². The van der Waals surface area contributed by atoms with Gasteiger partial charge in [-0.25, -0.2) is 4.79 Å².